The standard InChI is InChI=1S/C13H21NO/c1-3-13(4-2,11-15)14-10-12-8-6-5-7-9-12/h5-9,14-15H,3-4,10-11H2,1-2H3. The molecular weight excluding hydrogens is 186 g/mol. The zero-order chi connectivity index (χ0) is 11.1. The number of hydrogen-bond acceptors (Lipinski definition) is 2. The van der Waals surface area contributed by atoms with Crippen molar-refractivity contribution in [3.8, 4) is 0 Å². The van der Waals surface area contributed by atoms with Gasteiger partial charge in [-0.1, -0.05) is 44.2 Å². The second-order valence-corrected chi connectivity index (χ2v) is 3.98. The molecule has 84 valence electrons. The fourth-order valence-electron chi connectivity index (χ4n) is 1.66. The monoisotopic (exact) mass is 207 g/mol. The first kappa shape index (κ1) is 12.2. The van der Waals surface area contributed by atoms with Gasteiger partial charge in [0.25, 0.3) is 0 Å². The smallest absolute Gasteiger partial charge is 0.0613 e. The Kier molecular flexibility index (Phi) is 4.79. The number of nitrogens with one attached hydrogen (secondary N) is 1. The second-order valence-electron chi connectivity index (χ2n) is 3.98. The maximum absolute atomic E-state index is 9.39. The van der Waals surface area contributed by atoms with Crippen LogP contribution >= 0.6 is 0 Å². The van der Waals surface area contributed by atoms with E-state index in [1.807, 2.05) is 18.2 Å². The van der Waals surface area contributed by atoms with E-state index in [-0.39, 0.29) is 12.1 Å². The molecule has 2 nitrogen and oxygen atoms in total. The minimum Gasteiger partial charge on any atom is -0.394 e. The van der Waals surface area contributed by atoms with E-state index in [4.69, 9.17) is 0 Å². The normalized spacial score (nSPS) is 11.7. The van der Waals surface area contributed by atoms with Crippen LogP contribution in [0.4, 0.5) is 0 Å². The van der Waals surface area contributed by atoms with Crippen LogP contribution in [0.25, 0.3) is 0 Å². The maximum Gasteiger partial charge on any atom is 0.0613 e. The number of benzene rings is 1. The fraction of sp³-hybridized carbons (Fsp3) is 0.538. The van der Waals surface area contributed by atoms with Crippen LogP contribution in [0.3, 0.4) is 0 Å². The van der Waals surface area contributed by atoms with E-state index in [0.29, 0.717) is 0 Å². The summed E-state index contributed by atoms with van der Waals surface area (Å²) in [6, 6.07) is 10.3. The molecule has 0 bridgehead atoms. The Bertz CT molecular complexity index is 259. The third-order valence-electron chi connectivity index (χ3n) is 3.17. The Morgan fingerprint density at radius 1 is 1.13 bits per heavy atom. The van der Waals surface area contributed by atoms with Gasteiger partial charge in [-0.2, -0.15) is 0 Å². The van der Waals surface area contributed by atoms with Gasteiger partial charge in [-0.25, -0.2) is 0 Å². The second kappa shape index (κ2) is 5.89. The van der Waals surface area contributed by atoms with Crippen molar-refractivity contribution >= 4 is 0 Å². The van der Waals surface area contributed by atoms with Crippen molar-refractivity contribution in [1.82, 2.24) is 5.32 Å². The van der Waals surface area contributed by atoms with Crippen molar-refractivity contribution in [2.24, 2.45) is 0 Å². The molecule has 0 unspecified atom stereocenters. The Balaban J connectivity index is 2.54. The molecule has 15 heavy (non-hydrogen) atoms. The van der Waals surface area contributed by atoms with Gasteiger partial charge in [0.15, 0.2) is 0 Å². The first-order valence-electron chi connectivity index (χ1n) is 5.66. The fourth-order valence-corrected chi connectivity index (χ4v) is 1.66. The zero-order valence-electron chi connectivity index (χ0n) is 9.66. The molecule has 0 aromatic heterocycles. The van der Waals surface area contributed by atoms with E-state index in [0.717, 1.165) is 19.4 Å². The first-order chi connectivity index (χ1) is 7.26. The molecule has 2 N–H and O–H groups in total. The van der Waals surface area contributed by atoms with Gasteiger partial charge in [0.1, 0.15) is 0 Å². The van der Waals surface area contributed by atoms with Crippen LogP contribution in [0.2, 0.25) is 0 Å². The number of aliphatic hydroxyl groups is 1. The van der Waals surface area contributed by atoms with Gasteiger partial charge in [0, 0.05) is 12.1 Å². The van der Waals surface area contributed by atoms with Crippen LogP contribution in [0, 0.1) is 0 Å². The van der Waals surface area contributed by atoms with E-state index >= 15 is 0 Å². The van der Waals surface area contributed by atoms with Crippen LogP contribution in [-0.4, -0.2) is 17.3 Å². The molecule has 0 spiro atoms. The summed E-state index contributed by atoms with van der Waals surface area (Å²) in [5.74, 6) is 0. The third kappa shape index (κ3) is 3.33. The lowest BCUT2D eigenvalue weighted by atomic mass is 9.93. The van der Waals surface area contributed by atoms with Crippen molar-refractivity contribution in [2.75, 3.05) is 6.61 Å². The van der Waals surface area contributed by atoms with Crippen molar-refractivity contribution < 1.29 is 5.11 Å². The summed E-state index contributed by atoms with van der Waals surface area (Å²) in [7, 11) is 0. The van der Waals surface area contributed by atoms with Crippen LogP contribution < -0.4 is 5.32 Å². The predicted molar refractivity (Wildman–Crippen MR) is 63.7 cm³/mol. The molecule has 0 heterocycles. The van der Waals surface area contributed by atoms with Gasteiger partial charge in [0.2, 0.25) is 0 Å². The number of aliphatic hydroxyl groups excluding tert-OH is 1. The molecule has 0 amide bonds. The van der Waals surface area contributed by atoms with Crippen molar-refractivity contribution in [3.05, 3.63) is 35.9 Å². The SMILES string of the molecule is CCC(CC)(CO)NCc1ccccc1. The Morgan fingerprint density at radius 2 is 1.73 bits per heavy atom. The molecule has 0 aliphatic rings. The Labute approximate surface area is 92.3 Å². The Hall–Kier alpha value is -0.860. The van der Waals surface area contributed by atoms with E-state index < -0.39 is 0 Å². The summed E-state index contributed by atoms with van der Waals surface area (Å²) >= 11 is 0. The topological polar surface area (TPSA) is 32.3 Å². The molecule has 2 heteroatoms. The molecule has 1 rings (SSSR count). The summed E-state index contributed by atoms with van der Waals surface area (Å²) in [4.78, 5) is 0. The van der Waals surface area contributed by atoms with E-state index in [1.165, 1.54) is 5.56 Å². The highest BCUT2D eigenvalue weighted by atomic mass is 16.3. The van der Waals surface area contributed by atoms with Crippen LogP contribution in [0.5, 0.6) is 0 Å². The van der Waals surface area contributed by atoms with Gasteiger partial charge >= 0.3 is 0 Å². The predicted octanol–water partition coefficient (Wildman–Crippen LogP) is 2.33. The average molecular weight is 207 g/mol. The highest BCUT2D eigenvalue weighted by Crippen LogP contribution is 2.15. The van der Waals surface area contributed by atoms with Crippen molar-refractivity contribution in [2.45, 2.75) is 38.8 Å². The maximum atomic E-state index is 9.39. The average Bonchev–Trinajstić information content (AvgIpc) is 2.33. The minimum absolute atomic E-state index is 0.115. The molecule has 0 aliphatic carbocycles. The van der Waals surface area contributed by atoms with Crippen LogP contribution in [0.1, 0.15) is 32.3 Å². The summed E-state index contributed by atoms with van der Waals surface area (Å²) in [6.45, 7) is 5.24. The van der Waals surface area contributed by atoms with Crippen LogP contribution in [0.15, 0.2) is 30.3 Å². The van der Waals surface area contributed by atoms with Gasteiger partial charge in [0.05, 0.1) is 6.61 Å². The van der Waals surface area contributed by atoms with Gasteiger partial charge < -0.3 is 10.4 Å². The number of hydrogen-bond donors (Lipinski definition) is 2. The lowest BCUT2D eigenvalue weighted by Gasteiger charge is -2.31. The van der Waals surface area contributed by atoms with E-state index in [9.17, 15) is 5.11 Å². The molecule has 0 fully saturated rings. The quantitative estimate of drug-likeness (QED) is 0.750. The zero-order valence-corrected chi connectivity index (χ0v) is 9.66. The van der Waals surface area contributed by atoms with E-state index in [2.05, 4.69) is 31.3 Å². The summed E-state index contributed by atoms with van der Waals surface area (Å²) < 4.78 is 0. The van der Waals surface area contributed by atoms with Crippen LogP contribution in [-0.2, 0) is 6.54 Å². The molecule has 0 saturated carbocycles. The molecule has 0 atom stereocenters. The molecule has 1 aromatic rings. The lowest BCUT2D eigenvalue weighted by molar-refractivity contribution is 0.149. The lowest BCUT2D eigenvalue weighted by Crippen LogP contribution is -2.47. The highest BCUT2D eigenvalue weighted by molar-refractivity contribution is 5.14. The van der Waals surface area contributed by atoms with Gasteiger partial charge in [-0.15, -0.1) is 0 Å². The van der Waals surface area contributed by atoms with Crippen molar-refractivity contribution in [1.29, 1.82) is 0 Å². The molecule has 0 aliphatic heterocycles. The summed E-state index contributed by atoms with van der Waals surface area (Å²) in [5.41, 5.74) is 1.15. The molecule has 0 radical (unpaired) electrons. The molecular formula is C13H21NO. The molecule has 1 aromatic carbocycles. The van der Waals surface area contributed by atoms with E-state index in [1.54, 1.807) is 0 Å². The molecule has 0 saturated heterocycles. The minimum atomic E-state index is -0.115. The van der Waals surface area contributed by atoms with Crippen molar-refractivity contribution in [3.63, 3.8) is 0 Å². The summed E-state index contributed by atoms with van der Waals surface area (Å²) in [6.07, 6.45) is 1.90. The van der Waals surface area contributed by atoms with Gasteiger partial charge in [-0.05, 0) is 18.4 Å². The third-order valence-corrected chi connectivity index (χ3v) is 3.17. The Morgan fingerprint density at radius 3 is 2.20 bits per heavy atom. The largest absolute Gasteiger partial charge is 0.394 e. The van der Waals surface area contributed by atoms with Gasteiger partial charge in [-0.3, -0.25) is 0 Å². The number of rotatable bonds is 6. The summed E-state index contributed by atoms with van der Waals surface area (Å²) in [5, 5.41) is 12.8. The first-order valence-corrected chi connectivity index (χ1v) is 5.66. The highest BCUT2D eigenvalue weighted by Gasteiger charge is 2.23.